The summed E-state index contributed by atoms with van der Waals surface area (Å²) in [5, 5.41) is 21.9. The lowest BCUT2D eigenvalue weighted by Gasteiger charge is -2.09. The number of hydrogen-bond acceptors (Lipinski definition) is 9. The van der Waals surface area contributed by atoms with Gasteiger partial charge >= 0.3 is 11.9 Å². The predicted octanol–water partition coefficient (Wildman–Crippen LogP) is 5.67. The summed E-state index contributed by atoms with van der Waals surface area (Å²) in [4.78, 5) is 44.1. The summed E-state index contributed by atoms with van der Waals surface area (Å²) in [6.07, 6.45) is 1.03. The van der Waals surface area contributed by atoms with E-state index in [-0.39, 0.29) is 12.2 Å². The molecule has 11 nitrogen and oxygen atoms in total. The van der Waals surface area contributed by atoms with Crippen molar-refractivity contribution in [3.63, 3.8) is 0 Å². The van der Waals surface area contributed by atoms with Crippen molar-refractivity contribution in [2.24, 2.45) is 0 Å². The van der Waals surface area contributed by atoms with Gasteiger partial charge in [-0.2, -0.15) is 0 Å². The minimum atomic E-state index is -0.879. The van der Waals surface area contributed by atoms with Crippen LogP contribution in [0.1, 0.15) is 30.1 Å². The summed E-state index contributed by atoms with van der Waals surface area (Å²) >= 11 is 0. The minimum Gasteiger partial charge on any atom is -0.494 e. The highest BCUT2D eigenvalue weighted by atomic mass is 16.6. The third kappa shape index (κ3) is 7.72. The molecule has 0 N–H and O–H groups in total. The highest BCUT2D eigenvalue weighted by Gasteiger charge is 2.20. The monoisotopic (exact) mass is 520 g/mol. The first-order chi connectivity index (χ1) is 18.1. The number of unbranched alkanes of at least 4 members (excludes halogenated alkanes) is 1. The summed E-state index contributed by atoms with van der Waals surface area (Å²) in [7, 11) is 0. The van der Waals surface area contributed by atoms with E-state index >= 15 is 0 Å². The van der Waals surface area contributed by atoms with E-state index in [0.29, 0.717) is 36.5 Å². The summed E-state index contributed by atoms with van der Waals surface area (Å²) < 4.78 is 16.0. The highest BCUT2D eigenvalue weighted by Crippen LogP contribution is 2.25. The van der Waals surface area contributed by atoms with Crippen molar-refractivity contribution in [3.8, 4) is 22.6 Å². The van der Waals surface area contributed by atoms with Gasteiger partial charge in [0.05, 0.1) is 34.7 Å². The summed E-state index contributed by atoms with van der Waals surface area (Å²) in [5.41, 5.74) is 0.813. The van der Waals surface area contributed by atoms with Gasteiger partial charge in [0.2, 0.25) is 0 Å². The zero-order valence-electron chi connectivity index (χ0n) is 20.5. The van der Waals surface area contributed by atoms with E-state index in [1.54, 1.807) is 19.1 Å². The van der Waals surface area contributed by atoms with Crippen LogP contribution in [0.25, 0.3) is 11.1 Å². The van der Waals surface area contributed by atoms with Crippen LogP contribution >= 0.6 is 0 Å². The van der Waals surface area contributed by atoms with Gasteiger partial charge in [-0.1, -0.05) is 30.8 Å². The maximum Gasteiger partial charge on any atom is 0.338 e. The van der Waals surface area contributed by atoms with Crippen molar-refractivity contribution in [2.45, 2.75) is 19.8 Å². The van der Waals surface area contributed by atoms with E-state index in [4.69, 9.17) is 14.2 Å². The van der Waals surface area contributed by atoms with Gasteiger partial charge < -0.3 is 14.2 Å². The van der Waals surface area contributed by atoms with Crippen LogP contribution in [0.3, 0.4) is 0 Å². The molecule has 0 aliphatic heterocycles. The van der Waals surface area contributed by atoms with Crippen LogP contribution in [0.5, 0.6) is 11.5 Å². The van der Waals surface area contributed by atoms with E-state index in [1.807, 2.05) is 36.4 Å². The molecule has 0 unspecified atom stereocenters. The number of nitrogens with zero attached hydrogens (tertiary/aromatic N) is 2. The number of carbonyl (C=O) groups excluding carboxylic acids is 2. The zero-order valence-corrected chi connectivity index (χ0v) is 20.5. The van der Waals surface area contributed by atoms with Crippen molar-refractivity contribution in [3.05, 3.63) is 105 Å². The molecular formula is C27H24N2O9. The lowest BCUT2D eigenvalue weighted by molar-refractivity contribution is -0.394. The Morgan fingerprint density at radius 3 is 1.79 bits per heavy atom. The van der Waals surface area contributed by atoms with Gasteiger partial charge in [-0.25, -0.2) is 9.59 Å². The molecule has 196 valence electrons. The van der Waals surface area contributed by atoms with Crippen molar-refractivity contribution in [1.29, 1.82) is 0 Å². The number of benzene rings is 3. The average molecular weight is 520 g/mol. The van der Waals surface area contributed by atoms with E-state index in [1.165, 1.54) is 0 Å². The van der Waals surface area contributed by atoms with Crippen molar-refractivity contribution in [1.82, 2.24) is 0 Å². The molecule has 0 radical (unpaired) electrons. The van der Waals surface area contributed by atoms with E-state index in [2.05, 4.69) is 6.58 Å². The molecule has 11 heteroatoms. The molecule has 0 saturated carbocycles. The van der Waals surface area contributed by atoms with Crippen LogP contribution in [0, 0.1) is 20.2 Å². The number of non-ortho nitro benzene ring substituents is 2. The Balaban J connectivity index is 1.42. The van der Waals surface area contributed by atoms with Crippen molar-refractivity contribution >= 4 is 23.3 Å². The Kier molecular flexibility index (Phi) is 9.25. The Morgan fingerprint density at radius 1 is 0.789 bits per heavy atom. The van der Waals surface area contributed by atoms with Gasteiger partial charge in [0, 0.05) is 17.7 Å². The van der Waals surface area contributed by atoms with Crippen LogP contribution in [0.15, 0.2) is 78.9 Å². The van der Waals surface area contributed by atoms with Crippen molar-refractivity contribution in [2.75, 3.05) is 13.2 Å². The van der Waals surface area contributed by atoms with Crippen LogP contribution < -0.4 is 9.47 Å². The number of rotatable bonds is 12. The molecule has 0 aliphatic carbocycles. The molecule has 0 aliphatic rings. The third-order valence-electron chi connectivity index (χ3n) is 5.20. The van der Waals surface area contributed by atoms with E-state index in [9.17, 15) is 29.8 Å². The first-order valence-electron chi connectivity index (χ1n) is 11.5. The molecule has 0 bridgehead atoms. The van der Waals surface area contributed by atoms with Gasteiger partial charge in [0.15, 0.2) is 0 Å². The number of carbonyl (C=O) groups is 2. The third-order valence-corrected chi connectivity index (χ3v) is 5.20. The molecule has 0 aromatic heterocycles. The Labute approximate surface area is 217 Å². The Hall–Kier alpha value is -5.06. The zero-order chi connectivity index (χ0) is 27.7. The number of nitro benzene ring substituents is 2. The normalized spacial score (nSPS) is 10.3. The summed E-state index contributed by atoms with van der Waals surface area (Å²) in [6, 6.07) is 17.2. The number of ether oxygens (including phenoxy) is 3. The van der Waals surface area contributed by atoms with Gasteiger partial charge in [0.1, 0.15) is 11.5 Å². The summed E-state index contributed by atoms with van der Waals surface area (Å²) in [5.74, 6) is -0.276. The molecule has 0 heterocycles. The number of hydrogen-bond donors (Lipinski definition) is 0. The molecule has 0 fully saturated rings. The molecule has 3 aromatic carbocycles. The lowest BCUT2D eigenvalue weighted by atomic mass is 10.1. The Bertz CT molecular complexity index is 1320. The highest BCUT2D eigenvalue weighted by molar-refractivity contribution is 5.91. The van der Waals surface area contributed by atoms with Gasteiger partial charge in [-0.05, 0) is 55.2 Å². The second kappa shape index (κ2) is 12.8. The van der Waals surface area contributed by atoms with E-state index in [0.717, 1.165) is 29.3 Å². The van der Waals surface area contributed by atoms with Gasteiger partial charge in [-0.3, -0.25) is 20.2 Å². The fourth-order valence-corrected chi connectivity index (χ4v) is 3.22. The smallest absolute Gasteiger partial charge is 0.338 e. The van der Waals surface area contributed by atoms with Crippen LogP contribution in [0.4, 0.5) is 11.4 Å². The van der Waals surface area contributed by atoms with Crippen LogP contribution in [0.2, 0.25) is 0 Å². The molecule has 0 spiro atoms. The first-order valence-corrected chi connectivity index (χ1v) is 11.5. The van der Waals surface area contributed by atoms with Crippen LogP contribution in [-0.2, 0) is 9.53 Å². The van der Waals surface area contributed by atoms with Crippen molar-refractivity contribution < 1.29 is 33.6 Å². The molecule has 0 atom stereocenters. The number of esters is 2. The predicted molar refractivity (Wildman–Crippen MR) is 137 cm³/mol. The van der Waals surface area contributed by atoms with Gasteiger partial charge in [-0.15, -0.1) is 0 Å². The Morgan fingerprint density at radius 2 is 1.29 bits per heavy atom. The fraction of sp³-hybridized carbons (Fsp3) is 0.185. The topological polar surface area (TPSA) is 148 Å². The second-order valence-electron chi connectivity index (χ2n) is 8.16. The van der Waals surface area contributed by atoms with E-state index < -0.39 is 33.2 Å². The lowest BCUT2D eigenvalue weighted by Crippen LogP contribution is -2.09. The van der Waals surface area contributed by atoms with Crippen LogP contribution in [-0.4, -0.2) is 35.0 Å². The minimum absolute atomic E-state index is 0.0231. The first kappa shape index (κ1) is 27.5. The van der Waals surface area contributed by atoms with Gasteiger partial charge in [0.25, 0.3) is 11.4 Å². The second-order valence-corrected chi connectivity index (χ2v) is 8.16. The maximum absolute atomic E-state index is 12.2. The SMILES string of the molecule is C=C(C)C(=O)Oc1ccc(-c2ccc(OCCCCOC(=O)c3cc([N+](=O)[O-])cc([N+](=O)[O-])c3)cc2)cc1. The molecule has 0 amide bonds. The number of nitro groups is 2. The molecule has 38 heavy (non-hydrogen) atoms. The molecular weight excluding hydrogens is 496 g/mol. The standard InChI is InChI=1S/C27H24N2O9/c1-18(2)26(30)38-25-11-7-20(8-12-25)19-5-9-24(10-6-19)36-13-3-4-14-37-27(31)21-15-22(28(32)33)17-23(16-21)29(34)35/h5-12,15-17H,1,3-4,13-14H2,2H3. The average Bonchev–Trinajstić information content (AvgIpc) is 2.90. The molecule has 3 rings (SSSR count). The fourth-order valence-electron chi connectivity index (χ4n) is 3.22. The maximum atomic E-state index is 12.2. The summed E-state index contributed by atoms with van der Waals surface area (Å²) in [6.45, 7) is 5.51. The quantitative estimate of drug-likeness (QED) is 0.0735. The molecule has 0 saturated heterocycles. The molecule has 3 aromatic rings. The largest absolute Gasteiger partial charge is 0.494 e.